The maximum atomic E-state index is 12.7. The second-order valence-corrected chi connectivity index (χ2v) is 9.01. The topological polar surface area (TPSA) is 62.4 Å². The first-order valence-electron chi connectivity index (χ1n) is 12.1. The maximum absolute atomic E-state index is 12.7. The monoisotopic (exact) mass is 437 g/mol. The number of amides is 1. The van der Waals surface area contributed by atoms with Crippen molar-refractivity contribution in [3.05, 3.63) is 65.7 Å². The number of hydrogen-bond donors (Lipinski definition) is 3. The lowest BCUT2D eigenvalue weighted by Gasteiger charge is -2.22. The third-order valence-electron chi connectivity index (χ3n) is 6.04. The molecule has 3 rings (SSSR count). The Balaban J connectivity index is 1.59. The number of hydrogen-bond acceptors (Lipinski definition) is 4. The van der Waals surface area contributed by atoms with E-state index in [0.717, 1.165) is 36.6 Å². The third kappa shape index (κ3) is 8.29. The van der Waals surface area contributed by atoms with Gasteiger partial charge < -0.3 is 20.7 Å². The summed E-state index contributed by atoms with van der Waals surface area (Å²) in [5.41, 5.74) is 2.11. The van der Waals surface area contributed by atoms with Gasteiger partial charge in [-0.1, -0.05) is 62.7 Å². The number of carbonyl (C=O) groups is 1. The Labute approximate surface area is 193 Å². The molecule has 0 bridgehead atoms. The van der Waals surface area contributed by atoms with Gasteiger partial charge in [0.2, 0.25) is 5.91 Å². The van der Waals surface area contributed by atoms with E-state index >= 15 is 0 Å². The van der Waals surface area contributed by atoms with Gasteiger partial charge in [-0.15, -0.1) is 0 Å². The summed E-state index contributed by atoms with van der Waals surface area (Å²) in [4.78, 5) is 12.7. The Hall–Kier alpha value is -2.37. The summed E-state index contributed by atoms with van der Waals surface area (Å²) in [7, 11) is 0. The number of rotatable bonds is 13. The van der Waals surface area contributed by atoms with Crippen molar-refractivity contribution in [3.63, 3.8) is 0 Å². The van der Waals surface area contributed by atoms with Gasteiger partial charge in [0.25, 0.3) is 0 Å². The molecule has 0 radical (unpaired) electrons. The lowest BCUT2D eigenvalue weighted by Crippen LogP contribution is -2.40. The summed E-state index contributed by atoms with van der Waals surface area (Å²) in [6.07, 6.45) is 5.19. The summed E-state index contributed by atoms with van der Waals surface area (Å²) < 4.78 is 5.95. The van der Waals surface area contributed by atoms with Crippen molar-refractivity contribution < 1.29 is 9.53 Å². The fourth-order valence-corrected chi connectivity index (χ4v) is 4.22. The molecule has 32 heavy (non-hydrogen) atoms. The molecule has 1 saturated heterocycles. The minimum atomic E-state index is -0.0827. The average Bonchev–Trinajstić information content (AvgIpc) is 3.32. The maximum Gasteiger partial charge on any atom is 0.224 e. The Kier molecular flexibility index (Phi) is 10.0. The smallest absolute Gasteiger partial charge is 0.224 e. The van der Waals surface area contributed by atoms with E-state index in [1.807, 2.05) is 42.5 Å². The first-order chi connectivity index (χ1) is 15.6. The second kappa shape index (κ2) is 13.2. The summed E-state index contributed by atoms with van der Waals surface area (Å²) in [5, 5.41) is 10.3. The molecule has 2 aromatic rings. The molecule has 3 unspecified atom stereocenters. The van der Waals surface area contributed by atoms with Crippen molar-refractivity contribution in [2.75, 3.05) is 26.2 Å². The Morgan fingerprint density at radius 2 is 1.94 bits per heavy atom. The van der Waals surface area contributed by atoms with Crippen molar-refractivity contribution in [2.45, 2.75) is 58.0 Å². The molecule has 174 valence electrons. The van der Waals surface area contributed by atoms with E-state index in [1.54, 1.807) is 0 Å². The van der Waals surface area contributed by atoms with E-state index in [1.165, 1.54) is 25.7 Å². The lowest BCUT2D eigenvalue weighted by atomic mass is 10.0. The highest BCUT2D eigenvalue weighted by atomic mass is 16.5. The van der Waals surface area contributed by atoms with Crippen molar-refractivity contribution in [2.24, 2.45) is 5.92 Å². The van der Waals surface area contributed by atoms with E-state index in [0.29, 0.717) is 24.9 Å². The summed E-state index contributed by atoms with van der Waals surface area (Å²) in [6.45, 7) is 7.88. The zero-order chi connectivity index (χ0) is 22.6. The van der Waals surface area contributed by atoms with Gasteiger partial charge in [0, 0.05) is 19.1 Å². The zero-order valence-electron chi connectivity index (χ0n) is 19.6. The minimum absolute atomic E-state index is 0.0377. The molecular formula is C27H39N3O2. The molecule has 0 saturated carbocycles. The average molecular weight is 438 g/mol. The first kappa shape index (κ1) is 24.3. The van der Waals surface area contributed by atoms with Gasteiger partial charge in [-0.05, 0) is 55.0 Å². The molecule has 0 spiro atoms. The highest BCUT2D eigenvalue weighted by Gasteiger charge is 2.18. The second-order valence-electron chi connectivity index (χ2n) is 9.01. The van der Waals surface area contributed by atoms with Crippen LogP contribution in [0.5, 0.6) is 5.75 Å². The number of ether oxygens (including phenoxy) is 1. The SMILES string of the molecule is CCCC(C)COc1ccc(C(CNCC2CCCN2)NC(=O)Cc2ccccc2)cc1. The number of nitrogens with one attached hydrogen (secondary N) is 3. The fourth-order valence-electron chi connectivity index (χ4n) is 4.22. The van der Waals surface area contributed by atoms with Crippen LogP contribution in [-0.2, 0) is 11.2 Å². The number of carbonyl (C=O) groups excluding carboxylic acids is 1. The van der Waals surface area contributed by atoms with Crippen LogP contribution in [0.1, 0.15) is 56.7 Å². The van der Waals surface area contributed by atoms with Gasteiger partial charge in [0.15, 0.2) is 0 Å². The third-order valence-corrected chi connectivity index (χ3v) is 6.04. The molecule has 2 aromatic carbocycles. The van der Waals surface area contributed by atoms with Gasteiger partial charge in [0.1, 0.15) is 5.75 Å². The van der Waals surface area contributed by atoms with Crippen LogP contribution in [0.4, 0.5) is 0 Å². The molecule has 1 aliphatic rings. The standard InChI is InChI=1S/C27H39N3O2/c1-3-8-21(2)20-32-25-14-12-23(13-15-25)26(19-28-18-24-11-7-16-29-24)30-27(31)17-22-9-5-4-6-10-22/h4-6,9-10,12-15,21,24,26,28-29H,3,7-8,11,16-20H2,1-2H3,(H,30,31). The van der Waals surface area contributed by atoms with Crippen LogP contribution < -0.4 is 20.7 Å². The molecule has 0 aromatic heterocycles. The summed E-state index contributed by atoms with van der Waals surface area (Å²) in [5.74, 6) is 1.47. The molecule has 5 heteroatoms. The van der Waals surface area contributed by atoms with E-state index in [9.17, 15) is 4.79 Å². The van der Waals surface area contributed by atoms with E-state index in [-0.39, 0.29) is 11.9 Å². The van der Waals surface area contributed by atoms with Crippen molar-refractivity contribution in [1.29, 1.82) is 0 Å². The van der Waals surface area contributed by atoms with Gasteiger partial charge >= 0.3 is 0 Å². The molecule has 0 aliphatic carbocycles. The zero-order valence-corrected chi connectivity index (χ0v) is 19.6. The van der Waals surface area contributed by atoms with Gasteiger partial charge in [-0.2, -0.15) is 0 Å². The Bertz CT molecular complexity index is 788. The van der Waals surface area contributed by atoms with Crippen LogP contribution in [0.25, 0.3) is 0 Å². The van der Waals surface area contributed by atoms with E-state index < -0.39 is 0 Å². The minimum Gasteiger partial charge on any atom is -0.493 e. The quantitative estimate of drug-likeness (QED) is 0.439. The molecule has 5 nitrogen and oxygen atoms in total. The van der Waals surface area contributed by atoms with Gasteiger partial charge in [-0.3, -0.25) is 4.79 Å². The highest BCUT2D eigenvalue weighted by molar-refractivity contribution is 5.79. The predicted octanol–water partition coefficient (Wildman–Crippen LogP) is 4.24. The molecule has 1 heterocycles. The predicted molar refractivity (Wildman–Crippen MR) is 131 cm³/mol. The fraction of sp³-hybridized carbons (Fsp3) is 0.519. The molecule has 1 fully saturated rings. The van der Waals surface area contributed by atoms with Crippen LogP contribution in [0, 0.1) is 5.92 Å². The van der Waals surface area contributed by atoms with Gasteiger partial charge in [-0.25, -0.2) is 0 Å². The molecular weight excluding hydrogens is 398 g/mol. The van der Waals surface area contributed by atoms with Crippen molar-refractivity contribution >= 4 is 5.91 Å². The van der Waals surface area contributed by atoms with E-state index in [2.05, 4.69) is 41.9 Å². The summed E-state index contributed by atoms with van der Waals surface area (Å²) in [6, 6.07) is 18.5. The van der Waals surface area contributed by atoms with Crippen LogP contribution >= 0.6 is 0 Å². The van der Waals surface area contributed by atoms with Gasteiger partial charge in [0.05, 0.1) is 19.1 Å². The van der Waals surface area contributed by atoms with Crippen LogP contribution in [0.15, 0.2) is 54.6 Å². The van der Waals surface area contributed by atoms with Crippen LogP contribution in [-0.4, -0.2) is 38.2 Å². The Morgan fingerprint density at radius 3 is 2.62 bits per heavy atom. The van der Waals surface area contributed by atoms with Crippen LogP contribution in [0.3, 0.4) is 0 Å². The lowest BCUT2D eigenvalue weighted by molar-refractivity contribution is -0.121. The van der Waals surface area contributed by atoms with Crippen molar-refractivity contribution in [3.8, 4) is 5.75 Å². The normalized spacial score (nSPS) is 17.6. The number of benzene rings is 2. The summed E-state index contributed by atoms with van der Waals surface area (Å²) >= 11 is 0. The molecule has 1 amide bonds. The van der Waals surface area contributed by atoms with Crippen molar-refractivity contribution in [1.82, 2.24) is 16.0 Å². The highest BCUT2D eigenvalue weighted by Crippen LogP contribution is 2.19. The molecule has 3 N–H and O–H groups in total. The largest absolute Gasteiger partial charge is 0.493 e. The first-order valence-corrected chi connectivity index (χ1v) is 12.1. The van der Waals surface area contributed by atoms with E-state index in [4.69, 9.17) is 4.74 Å². The molecule has 3 atom stereocenters. The molecule has 1 aliphatic heterocycles. The Morgan fingerprint density at radius 1 is 1.16 bits per heavy atom. The van der Waals surface area contributed by atoms with Crippen LogP contribution in [0.2, 0.25) is 0 Å².